The van der Waals surface area contributed by atoms with E-state index in [9.17, 15) is 5.11 Å². The van der Waals surface area contributed by atoms with Crippen LogP contribution in [0.4, 0.5) is 0 Å². The Morgan fingerprint density at radius 3 is 2.50 bits per heavy atom. The Morgan fingerprint density at radius 1 is 0.833 bits per heavy atom. The molecule has 4 rings (SSSR count). The zero-order valence-electron chi connectivity index (χ0n) is 13.8. The molecule has 0 aliphatic heterocycles. The Balaban J connectivity index is 1.79. The minimum atomic E-state index is -0.275. The lowest BCUT2D eigenvalue weighted by atomic mass is 9.89. The average Bonchev–Trinajstić information content (AvgIpc) is 2.64. The molecule has 0 radical (unpaired) electrons. The summed E-state index contributed by atoms with van der Waals surface area (Å²) in [4.78, 5) is 0. The van der Waals surface area contributed by atoms with Crippen LogP contribution in [0.5, 0.6) is 0 Å². The van der Waals surface area contributed by atoms with Crippen LogP contribution in [0.1, 0.15) is 31.2 Å². The normalized spacial score (nSPS) is 19.7. The third-order valence-corrected chi connectivity index (χ3v) is 4.98. The van der Waals surface area contributed by atoms with Gasteiger partial charge in [0.25, 0.3) is 0 Å². The molecule has 1 N–H and O–H groups in total. The van der Waals surface area contributed by atoms with Crippen LogP contribution in [0, 0.1) is 0 Å². The second-order valence-corrected chi connectivity index (χ2v) is 6.63. The number of aliphatic hydroxyl groups excluding tert-OH is 1. The van der Waals surface area contributed by atoms with Crippen molar-refractivity contribution in [3.8, 4) is 11.1 Å². The number of hydrogen-bond donors (Lipinski definition) is 1. The first-order chi connectivity index (χ1) is 11.8. The minimum absolute atomic E-state index is 0.275. The van der Waals surface area contributed by atoms with Crippen molar-refractivity contribution in [2.75, 3.05) is 0 Å². The Kier molecular flexibility index (Phi) is 4.18. The van der Waals surface area contributed by atoms with Gasteiger partial charge in [0.15, 0.2) is 0 Å². The highest BCUT2D eigenvalue weighted by molar-refractivity contribution is 5.89. The summed E-state index contributed by atoms with van der Waals surface area (Å²) in [5.41, 5.74) is 4.83. The van der Waals surface area contributed by atoms with Gasteiger partial charge < -0.3 is 5.11 Å². The van der Waals surface area contributed by atoms with E-state index >= 15 is 0 Å². The highest BCUT2D eigenvalue weighted by atomic mass is 16.3. The minimum Gasteiger partial charge on any atom is -0.389 e. The SMILES string of the molecule is OC1CCCC/C1=C\c1ccccc1-c1ccc2ccccc2c1. The van der Waals surface area contributed by atoms with Crippen molar-refractivity contribution in [1.82, 2.24) is 0 Å². The molecule has 3 aromatic rings. The van der Waals surface area contributed by atoms with Crippen molar-refractivity contribution >= 4 is 16.8 Å². The summed E-state index contributed by atoms with van der Waals surface area (Å²) in [7, 11) is 0. The van der Waals surface area contributed by atoms with Crippen LogP contribution < -0.4 is 0 Å². The largest absolute Gasteiger partial charge is 0.389 e. The zero-order valence-corrected chi connectivity index (χ0v) is 13.8. The van der Waals surface area contributed by atoms with E-state index in [4.69, 9.17) is 0 Å². The van der Waals surface area contributed by atoms with Gasteiger partial charge in [0, 0.05) is 0 Å². The van der Waals surface area contributed by atoms with Gasteiger partial charge in [-0.05, 0) is 58.4 Å². The maximum Gasteiger partial charge on any atom is 0.0753 e. The van der Waals surface area contributed by atoms with E-state index in [1.807, 2.05) is 0 Å². The maximum atomic E-state index is 10.3. The first-order valence-electron chi connectivity index (χ1n) is 8.78. The molecule has 1 nitrogen and oxygen atoms in total. The van der Waals surface area contributed by atoms with Gasteiger partial charge in [0.1, 0.15) is 0 Å². The summed E-state index contributed by atoms with van der Waals surface area (Å²) in [6.07, 6.45) is 6.14. The molecule has 3 aromatic carbocycles. The van der Waals surface area contributed by atoms with Gasteiger partial charge >= 0.3 is 0 Å². The van der Waals surface area contributed by atoms with E-state index in [2.05, 4.69) is 72.8 Å². The van der Waals surface area contributed by atoms with E-state index in [-0.39, 0.29) is 6.10 Å². The molecule has 0 saturated heterocycles. The van der Waals surface area contributed by atoms with Crippen LogP contribution in [0.15, 0.2) is 72.3 Å². The highest BCUT2D eigenvalue weighted by Gasteiger charge is 2.16. The Bertz CT molecular complexity index is 891. The summed E-state index contributed by atoms with van der Waals surface area (Å²) in [5, 5.41) is 12.8. The maximum absolute atomic E-state index is 10.3. The Labute approximate surface area is 143 Å². The van der Waals surface area contributed by atoms with Crippen molar-refractivity contribution in [1.29, 1.82) is 0 Å². The average molecular weight is 314 g/mol. The first-order valence-corrected chi connectivity index (χ1v) is 8.78. The fourth-order valence-electron chi connectivity index (χ4n) is 3.63. The number of rotatable bonds is 2. The van der Waals surface area contributed by atoms with Crippen LogP contribution in [-0.4, -0.2) is 11.2 Å². The summed E-state index contributed by atoms with van der Waals surface area (Å²) in [5.74, 6) is 0. The first kappa shape index (κ1) is 15.2. The van der Waals surface area contributed by atoms with Crippen LogP contribution >= 0.6 is 0 Å². The molecular weight excluding hydrogens is 292 g/mol. The molecule has 1 aliphatic rings. The molecule has 1 aliphatic carbocycles. The number of fused-ring (bicyclic) bond motifs is 1. The second-order valence-electron chi connectivity index (χ2n) is 6.63. The molecule has 1 atom stereocenters. The number of hydrogen-bond acceptors (Lipinski definition) is 1. The van der Waals surface area contributed by atoms with Gasteiger partial charge in [-0.15, -0.1) is 0 Å². The third kappa shape index (κ3) is 3.00. The molecule has 0 aromatic heterocycles. The van der Waals surface area contributed by atoms with Crippen molar-refractivity contribution in [3.63, 3.8) is 0 Å². The zero-order chi connectivity index (χ0) is 16.4. The van der Waals surface area contributed by atoms with Crippen molar-refractivity contribution < 1.29 is 5.11 Å². The molecule has 24 heavy (non-hydrogen) atoms. The standard InChI is InChI=1S/C23H22O/c24-23-12-6-4-10-21(23)16-19-9-3-5-11-22(19)20-14-13-17-7-1-2-8-18(17)15-20/h1-3,5,7-9,11,13-16,23-24H,4,6,10,12H2/b21-16+. The van der Waals surface area contributed by atoms with Crippen LogP contribution in [0.2, 0.25) is 0 Å². The van der Waals surface area contributed by atoms with Gasteiger partial charge in [-0.1, -0.05) is 73.2 Å². The summed E-state index contributed by atoms with van der Waals surface area (Å²) >= 11 is 0. The van der Waals surface area contributed by atoms with Crippen LogP contribution in [-0.2, 0) is 0 Å². The van der Waals surface area contributed by atoms with Crippen LogP contribution in [0.25, 0.3) is 28.0 Å². The van der Waals surface area contributed by atoms with Crippen LogP contribution in [0.3, 0.4) is 0 Å². The molecule has 1 saturated carbocycles. The van der Waals surface area contributed by atoms with Crippen molar-refractivity contribution in [3.05, 3.63) is 77.9 Å². The lowest BCUT2D eigenvalue weighted by molar-refractivity contribution is 0.180. The Morgan fingerprint density at radius 2 is 1.62 bits per heavy atom. The van der Waals surface area contributed by atoms with E-state index < -0.39 is 0 Å². The van der Waals surface area contributed by atoms with E-state index in [1.54, 1.807) is 0 Å². The lowest BCUT2D eigenvalue weighted by Gasteiger charge is -2.21. The molecule has 1 unspecified atom stereocenters. The van der Waals surface area contributed by atoms with Gasteiger partial charge in [0.05, 0.1) is 6.10 Å². The molecule has 0 heterocycles. The fraction of sp³-hybridized carbons (Fsp3) is 0.217. The molecule has 1 heteroatoms. The highest BCUT2D eigenvalue weighted by Crippen LogP contribution is 2.31. The van der Waals surface area contributed by atoms with E-state index in [0.29, 0.717) is 0 Å². The van der Waals surface area contributed by atoms with Crippen molar-refractivity contribution in [2.45, 2.75) is 31.8 Å². The Hall–Kier alpha value is -2.38. The molecule has 0 spiro atoms. The third-order valence-electron chi connectivity index (χ3n) is 4.98. The predicted molar refractivity (Wildman–Crippen MR) is 102 cm³/mol. The fourth-order valence-corrected chi connectivity index (χ4v) is 3.63. The molecule has 0 bridgehead atoms. The number of benzene rings is 3. The topological polar surface area (TPSA) is 20.2 Å². The van der Waals surface area contributed by atoms with Gasteiger partial charge in [0.2, 0.25) is 0 Å². The smallest absolute Gasteiger partial charge is 0.0753 e. The summed E-state index contributed by atoms with van der Waals surface area (Å²) < 4.78 is 0. The predicted octanol–water partition coefficient (Wildman–Crippen LogP) is 5.83. The monoisotopic (exact) mass is 314 g/mol. The molecular formula is C23H22O. The van der Waals surface area contributed by atoms with Crippen molar-refractivity contribution in [2.24, 2.45) is 0 Å². The quantitative estimate of drug-likeness (QED) is 0.631. The molecule has 0 amide bonds. The molecule has 120 valence electrons. The van der Waals surface area contributed by atoms with Gasteiger partial charge in [-0.2, -0.15) is 0 Å². The van der Waals surface area contributed by atoms with E-state index in [1.165, 1.54) is 39.5 Å². The van der Waals surface area contributed by atoms with Gasteiger partial charge in [-0.25, -0.2) is 0 Å². The van der Waals surface area contributed by atoms with E-state index in [0.717, 1.165) is 19.3 Å². The molecule has 1 fully saturated rings. The lowest BCUT2D eigenvalue weighted by Crippen LogP contribution is -2.14. The summed E-state index contributed by atoms with van der Waals surface area (Å²) in [6.45, 7) is 0. The summed E-state index contributed by atoms with van der Waals surface area (Å²) in [6, 6.07) is 23.6. The number of aliphatic hydroxyl groups is 1. The second kappa shape index (κ2) is 6.62. The van der Waals surface area contributed by atoms with Gasteiger partial charge in [-0.3, -0.25) is 0 Å².